The number of rotatable bonds is 3. The van der Waals surface area contributed by atoms with Crippen LogP contribution in [0.3, 0.4) is 0 Å². The first-order valence-electron chi connectivity index (χ1n) is 6.60. The van der Waals surface area contributed by atoms with Crippen molar-refractivity contribution in [1.82, 2.24) is 4.98 Å². The van der Waals surface area contributed by atoms with E-state index in [2.05, 4.69) is 4.98 Å². The molecule has 1 unspecified atom stereocenters. The maximum atomic E-state index is 11.0. The van der Waals surface area contributed by atoms with Crippen LogP contribution in [0.5, 0.6) is 5.75 Å². The van der Waals surface area contributed by atoms with Crippen molar-refractivity contribution in [3.8, 4) is 5.75 Å². The number of methoxy groups -OCH3 is 1. The van der Waals surface area contributed by atoms with Crippen LogP contribution in [0.2, 0.25) is 0 Å². The van der Waals surface area contributed by atoms with Crippen molar-refractivity contribution in [2.75, 3.05) is 7.11 Å². The van der Waals surface area contributed by atoms with Gasteiger partial charge < -0.3 is 14.8 Å². The van der Waals surface area contributed by atoms with Gasteiger partial charge in [-0.15, -0.1) is 0 Å². The van der Waals surface area contributed by atoms with E-state index in [9.17, 15) is 4.79 Å². The van der Waals surface area contributed by atoms with Gasteiger partial charge in [-0.05, 0) is 36.8 Å². The molecular weight excluding hydrogens is 242 g/mol. The van der Waals surface area contributed by atoms with Gasteiger partial charge in [0.1, 0.15) is 5.75 Å². The lowest BCUT2D eigenvalue weighted by atomic mass is 9.83. The van der Waals surface area contributed by atoms with Crippen molar-refractivity contribution in [2.24, 2.45) is 0 Å². The van der Waals surface area contributed by atoms with Crippen LogP contribution >= 0.6 is 0 Å². The molecule has 4 heteroatoms. The Balaban J connectivity index is 2.17. The highest BCUT2D eigenvalue weighted by molar-refractivity contribution is 5.90. The number of carboxylic acid groups (broad SMARTS) is 1. The van der Waals surface area contributed by atoms with Crippen molar-refractivity contribution in [1.29, 1.82) is 0 Å². The van der Waals surface area contributed by atoms with E-state index >= 15 is 0 Å². The van der Waals surface area contributed by atoms with Crippen LogP contribution in [0.1, 0.15) is 36.4 Å². The van der Waals surface area contributed by atoms with E-state index in [4.69, 9.17) is 9.84 Å². The molecule has 100 valence electrons. The molecule has 0 spiro atoms. The van der Waals surface area contributed by atoms with Crippen molar-refractivity contribution < 1.29 is 14.6 Å². The van der Waals surface area contributed by atoms with Crippen molar-refractivity contribution in [3.05, 3.63) is 29.5 Å². The lowest BCUT2D eigenvalue weighted by Crippen LogP contribution is -2.12. The van der Waals surface area contributed by atoms with E-state index < -0.39 is 5.97 Å². The van der Waals surface area contributed by atoms with Crippen molar-refractivity contribution in [2.45, 2.75) is 31.6 Å². The molecule has 1 aliphatic rings. The zero-order valence-electron chi connectivity index (χ0n) is 10.9. The third-order valence-corrected chi connectivity index (χ3v) is 3.95. The summed E-state index contributed by atoms with van der Waals surface area (Å²) in [6.45, 7) is 0. The Labute approximate surface area is 111 Å². The van der Waals surface area contributed by atoms with Crippen molar-refractivity contribution >= 4 is 16.9 Å². The summed E-state index contributed by atoms with van der Waals surface area (Å²) < 4.78 is 5.37. The number of benzene rings is 1. The molecular formula is C15H17NO3. The van der Waals surface area contributed by atoms with Gasteiger partial charge in [0.25, 0.3) is 0 Å². The first-order chi connectivity index (χ1) is 9.20. The number of aryl methyl sites for hydroxylation is 1. The number of carboxylic acids is 1. The minimum absolute atomic E-state index is 0.113. The molecule has 0 amide bonds. The van der Waals surface area contributed by atoms with Gasteiger partial charge in [-0.2, -0.15) is 0 Å². The van der Waals surface area contributed by atoms with Crippen LogP contribution in [0.15, 0.2) is 18.2 Å². The summed E-state index contributed by atoms with van der Waals surface area (Å²) in [5.74, 6) is 0.207. The maximum Gasteiger partial charge on any atom is 0.303 e. The number of aliphatic carboxylic acids is 1. The Bertz CT molecular complexity index is 630. The minimum Gasteiger partial charge on any atom is -0.495 e. The number of ether oxygens (including phenoxy) is 1. The van der Waals surface area contributed by atoms with E-state index in [1.54, 1.807) is 7.11 Å². The zero-order valence-corrected chi connectivity index (χ0v) is 10.9. The van der Waals surface area contributed by atoms with Crippen LogP contribution in [0, 0.1) is 0 Å². The average Bonchev–Trinajstić information content (AvgIpc) is 2.77. The van der Waals surface area contributed by atoms with Crippen LogP contribution in [0.25, 0.3) is 10.9 Å². The lowest BCUT2D eigenvalue weighted by molar-refractivity contribution is -0.137. The molecule has 19 heavy (non-hydrogen) atoms. The smallest absolute Gasteiger partial charge is 0.303 e. The Morgan fingerprint density at radius 2 is 2.37 bits per heavy atom. The van der Waals surface area contributed by atoms with Gasteiger partial charge in [0, 0.05) is 11.1 Å². The largest absolute Gasteiger partial charge is 0.495 e. The van der Waals surface area contributed by atoms with E-state index in [0.29, 0.717) is 0 Å². The Hall–Kier alpha value is -1.97. The number of para-hydroxylation sites is 1. The van der Waals surface area contributed by atoms with E-state index in [1.807, 2.05) is 18.2 Å². The van der Waals surface area contributed by atoms with Crippen LogP contribution in [-0.2, 0) is 11.2 Å². The summed E-state index contributed by atoms with van der Waals surface area (Å²) in [5, 5.41) is 10.2. The highest BCUT2D eigenvalue weighted by Gasteiger charge is 2.27. The van der Waals surface area contributed by atoms with E-state index in [0.717, 1.165) is 35.9 Å². The number of aromatic nitrogens is 1. The average molecular weight is 259 g/mol. The summed E-state index contributed by atoms with van der Waals surface area (Å²) in [6.07, 6.45) is 3.18. The molecule has 0 saturated carbocycles. The third-order valence-electron chi connectivity index (χ3n) is 3.95. The minimum atomic E-state index is -0.727. The first-order valence-corrected chi connectivity index (χ1v) is 6.60. The van der Waals surface area contributed by atoms with Gasteiger partial charge in [0.15, 0.2) is 0 Å². The second-order valence-electron chi connectivity index (χ2n) is 5.09. The third kappa shape index (κ3) is 1.97. The second-order valence-corrected chi connectivity index (χ2v) is 5.09. The van der Waals surface area contributed by atoms with Gasteiger partial charge in [-0.1, -0.05) is 12.1 Å². The Morgan fingerprint density at radius 1 is 1.53 bits per heavy atom. The second kappa shape index (κ2) is 4.61. The SMILES string of the molecule is COc1cccc2c3c([nH]c12)CCCC3CC(=O)O. The predicted molar refractivity (Wildman–Crippen MR) is 72.8 cm³/mol. The highest BCUT2D eigenvalue weighted by atomic mass is 16.5. The van der Waals surface area contributed by atoms with Crippen molar-refractivity contribution in [3.63, 3.8) is 0 Å². The number of fused-ring (bicyclic) bond motifs is 3. The van der Waals surface area contributed by atoms with E-state index in [-0.39, 0.29) is 12.3 Å². The lowest BCUT2D eigenvalue weighted by Gasteiger charge is -2.21. The first kappa shape index (κ1) is 12.1. The molecule has 2 N–H and O–H groups in total. The van der Waals surface area contributed by atoms with Gasteiger partial charge in [0.2, 0.25) is 0 Å². The molecule has 2 aromatic rings. The number of H-pyrrole nitrogens is 1. The molecule has 1 aromatic carbocycles. The molecule has 1 aliphatic carbocycles. The molecule has 1 atom stereocenters. The molecule has 0 aliphatic heterocycles. The molecule has 3 rings (SSSR count). The van der Waals surface area contributed by atoms with Gasteiger partial charge in [-0.25, -0.2) is 0 Å². The highest BCUT2D eigenvalue weighted by Crippen LogP contribution is 2.41. The number of hydrogen-bond acceptors (Lipinski definition) is 2. The standard InChI is InChI=1S/C15H17NO3/c1-19-12-7-3-5-10-14-9(8-13(17)18)4-2-6-11(14)16-15(10)12/h3,5,7,9,16H,2,4,6,8H2,1H3,(H,17,18). The number of hydrogen-bond donors (Lipinski definition) is 2. The maximum absolute atomic E-state index is 11.0. The monoisotopic (exact) mass is 259 g/mol. The molecule has 0 fully saturated rings. The predicted octanol–water partition coefficient (Wildman–Crippen LogP) is 3.07. The van der Waals surface area contributed by atoms with Gasteiger partial charge in [-0.3, -0.25) is 4.79 Å². The molecule has 0 bridgehead atoms. The normalized spacial score (nSPS) is 18.3. The van der Waals surface area contributed by atoms with E-state index in [1.165, 1.54) is 11.3 Å². The summed E-state index contributed by atoms with van der Waals surface area (Å²) in [5.41, 5.74) is 3.35. The fraction of sp³-hybridized carbons (Fsp3) is 0.400. The Kier molecular flexibility index (Phi) is 2.93. The fourth-order valence-corrected chi connectivity index (χ4v) is 3.18. The molecule has 0 saturated heterocycles. The number of nitrogens with one attached hydrogen (secondary N) is 1. The quantitative estimate of drug-likeness (QED) is 0.890. The number of carbonyl (C=O) groups is 1. The summed E-state index contributed by atoms with van der Waals surface area (Å²) >= 11 is 0. The summed E-state index contributed by atoms with van der Waals surface area (Å²) in [7, 11) is 1.66. The summed E-state index contributed by atoms with van der Waals surface area (Å²) in [4.78, 5) is 14.4. The number of aromatic amines is 1. The summed E-state index contributed by atoms with van der Waals surface area (Å²) in [6, 6.07) is 5.94. The van der Waals surface area contributed by atoms with Gasteiger partial charge in [0.05, 0.1) is 19.0 Å². The Morgan fingerprint density at radius 3 is 3.11 bits per heavy atom. The zero-order chi connectivity index (χ0) is 13.4. The molecule has 1 heterocycles. The molecule has 4 nitrogen and oxygen atoms in total. The van der Waals surface area contributed by atoms with Crippen LogP contribution in [0.4, 0.5) is 0 Å². The fourth-order valence-electron chi connectivity index (χ4n) is 3.18. The van der Waals surface area contributed by atoms with Crippen LogP contribution < -0.4 is 4.74 Å². The van der Waals surface area contributed by atoms with Crippen LogP contribution in [-0.4, -0.2) is 23.2 Å². The molecule has 1 aromatic heterocycles. The topological polar surface area (TPSA) is 62.3 Å². The van der Waals surface area contributed by atoms with Gasteiger partial charge >= 0.3 is 5.97 Å². The molecule has 0 radical (unpaired) electrons.